The molecule has 2 N–H and O–H groups in total. The van der Waals surface area contributed by atoms with Crippen molar-refractivity contribution in [2.75, 3.05) is 13.2 Å². The Morgan fingerprint density at radius 2 is 2.05 bits per heavy atom. The van der Waals surface area contributed by atoms with Crippen LogP contribution in [-0.4, -0.2) is 35.2 Å². The van der Waals surface area contributed by atoms with Crippen molar-refractivity contribution in [1.82, 2.24) is 5.32 Å². The molecular weight excluding hydrogens is 311 g/mol. The van der Waals surface area contributed by atoms with Gasteiger partial charge in [0.1, 0.15) is 12.6 Å². The van der Waals surface area contributed by atoms with Gasteiger partial charge in [-0.2, -0.15) is 0 Å². The lowest BCUT2D eigenvalue weighted by Crippen LogP contribution is -2.41. The molecule has 0 saturated carbocycles. The number of carbonyl (C=O) groups is 1. The highest BCUT2D eigenvalue weighted by Gasteiger charge is 2.20. The number of hydrogen-bond acceptors (Lipinski definition) is 5. The van der Waals surface area contributed by atoms with E-state index in [1.165, 1.54) is 0 Å². The molecule has 0 bridgehead atoms. The molecule has 1 unspecified atom stereocenters. The number of nitro benzene ring substituents is 1. The molecule has 20 heavy (non-hydrogen) atoms. The van der Waals surface area contributed by atoms with Crippen molar-refractivity contribution in [3.63, 3.8) is 0 Å². The van der Waals surface area contributed by atoms with E-state index in [0.717, 1.165) is 12.1 Å². The van der Waals surface area contributed by atoms with Crippen molar-refractivity contribution in [1.29, 1.82) is 0 Å². The smallest absolute Gasteiger partial charge is 0.324 e. The number of nitrogens with zero attached hydrogens (tertiary/aromatic N) is 1. The van der Waals surface area contributed by atoms with E-state index in [1.807, 2.05) is 0 Å². The van der Waals surface area contributed by atoms with Gasteiger partial charge in [-0.1, -0.05) is 30.1 Å². The van der Waals surface area contributed by atoms with Crippen LogP contribution in [0.25, 0.3) is 0 Å². The fourth-order valence-electron chi connectivity index (χ4n) is 1.42. The normalized spacial score (nSPS) is 11.9. The molecule has 7 nitrogen and oxygen atoms in total. The highest BCUT2D eigenvalue weighted by molar-refractivity contribution is 6.37. The first-order valence-corrected chi connectivity index (χ1v) is 6.34. The number of nitro groups is 1. The predicted molar refractivity (Wildman–Crippen MR) is 73.7 cm³/mol. The molecule has 110 valence electrons. The van der Waals surface area contributed by atoms with E-state index in [9.17, 15) is 14.9 Å². The van der Waals surface area contributed by atoms with Gasteiger partial charge in [-0.15, -0.1) is 0 Å². The van der Waals surface area contributed by atoms with Gasteiger partial charge in [0, 0.05) is 12.1 Å². The van der Waals surface area contributed by atoms with Crippen LogP contribution in [0.3, 0.4) is 0 Å². The average Bonchev–Trinajstić information content (AvgIpc) is 2.35. The molecule has 0 saturated heterocycles. The van der Waals surface area contributed by atoms with Gasteiger partial charge in [0.05, 0.1) is 15.0 Å². The molecule has 1 atom stereocenters. The summed E-state index contributed by atoms with van der Waals surface area (Å²) in [4.78, 5) is 20.9. The Hall–Kier alpha value is -1.57. The third kappa shape index (κ3) is 4.22. The van der Waals surface area contributed by atoms with Crippen molar-refractivity contribution in [2.24, 2.45) is 0 Å². The molecule has 0 radical (unpaired) electrons. The van der Waals surface area contributed by atoms with E-state index in [2.05, 4.69) is 5.32 Å². The topological polar surface area (TPSA) is 102 Å². The quantitative estimate of drug-likeness (QED) is 0.590. The molecule has 9 heteroatoms. The summed E-state index contributed by atoms with van der Waals surface area (Å²) in [5.74, 6) is -1.07. The van der Waals surface area contributed by atoms with Crippen LogP contribution in [0, 0.1) is 10.1 Å². The lowest BCUT2D eigenvalue weighted by molar-refractivity contribution is -0.384. The van der Waals surface area contributed by atoms with Crippen LogP contribution in [-0.2, 0) is 4.79 Å². The first-order valence-electron chi connectivity index (χ1n) is 5.59. The number of carboxylic acid groups (broad SMARTS) is 1. The van der Waals surface area contributed by atoms with Crippen molar-refractivity contribution >= 4 is 34.9 Å². The van der Waals surface area contributed by atoms with E-state index in [-0.39, 0.29) is 28.1 Å². The van der Waals surface area contributed by atoms with Crippen molar-refractivity contribution in [3.8, 4) is 5.75 Å². The minimum atomic E-state index is -1.08. The van der Waals surface area contributed by atoms with Gasteiger partial charge in [0.15, 0.2) is 5.75 Å². The lowest BCUT2D eigenvalue weighted by Gasteiger charge is -2.15. The Morgan fingerprint density at radius 1 is 1.50 bits per heavy atom. The first kappa shape index (κ1) is 16.5. The summed E-state index contributed by atoms with van der Waals surface area (Å²) in [5.41, 5.74) is -0.270. The van der Waals surface area contributed by atoms with Crippen LogP contribution in [0.1, 0.15) is 6.92 Å². The molecule has 0 spiro atoms. The molecule has 0 aliphatic rings. The third-order valence-corrected chi connectivity index (χ3v) is 2.90. The second kappa shape index (κ2) is 7.28. The number of nitrogens with one attached hydrogen (secondary N) is 1. The second-order valence-corrected chi connectivity index (χ2v) is 4.57. The summed E-state index contributed by atoms with van der Waals surface area (Å²) in [6, 6.07) is 1.25. The molecule has 0 aliphatic carbocycles. The number of carboxylic acids is 1. The first-order chi connectivity index (χ1) is 9.36. The van der Waals surface area contributed by atoms with Crippen molar-refractivity contribution < 1.29 is 19.6 Å². The Balaban J connectivity index is 2.87. The number of ether oxygens (including phenoxy) is 1. The molecule has 0 aliphatic heterocycles. The number of benzene rings is 1. The largest absolute Gasteiger partial charge is 0.488 e. The Kier molecular flexibility index (Phi) is 6.00. The van der Waals surface area contributed by atoms with Gasteiger partial charge in [-0.25, -0.2) is 0 Å². The zero-order valence-electron chi connectivity index (χ0n) is 10.4. The molecule has 1 aromatic carbocycles. The van der Waals surface area contributed by atoms with Crippen LogP contribution >= 0.6 is 23.2 Å². The number of likely N-dealkylation sites (N-methyl/N-ethyl adjacent to an activating group) is 1. The van der Waals surface area contributed by atoms with Gasteiger partial charge >= 0.3 is 5.97 Å². The number of non-ortho nitro benzene ring substituents is 1. The zero-order chi connectivity index (χ0) is 15.3. The average molecular weight is 323 g/mol. The molecular formula is C11H12Cl2N2O5. The maximum absolute atomic E-state index is 10.9. The molecule has 0 heterocycles. The highest BCUT2D eigenvalue weighted by Crippen LogP contribution is 2.36. The van der Waals surface area contributed by atoms with Gasteiger partial charge in [0.2, 0.25) is 0 Å². The molecule has 0 fully saturated rings. The van der Waals surface area contributed by atoms with Gasteiger partial charge in [0.25, 0.3) is 5.69 Å². The van der Waals surface area contributed by atoms with Gasteiger partial charge < -0.3 is 15.2 Å². The maximum Gasteiger partial charge on any atom is 0.324 e. The Labute approximate surface area is 124 Å². The van der Waals surface area contributed by atoms with E-state index >= 15 is 0 Å². The van der Waals surface area contributed by atoms with Gasteiger partial charge in [-0.3, -0.25) is 14.9 Å². The van der Waals surface area contributed by atoms with Crippen LogP contribution in [0.4, 0.5) is 5.69 Å². The summed E-state index contributed by atoms with van der Waals surface area (Å²) in [6.07, 6.45) is 0. The number of aliphatic carboxylic acids is 1. The fourth-order valence-corrected chi connectivity index (χ4v) is 2.01. The molecule has 1 rings (SSSR count). The monoisotopic (exact) mass is 322 g/mol. The van der Waals surface area contributed by atoms with Gasteiger partial charge in [-0.05, 0) is 6.54 Å². The summed E-state index contributed by atoms with van der Waals surface area (Å²) in [5, 5.41) is 22.2. The van der Waals surface area contributed by atoms with E-state index in [0.29, 0.717) is 6.54 Å². The second-order valence-electron chi connectivity index (χ2n) is 3.76. The number of rotatable bonds is 7. The summed E-state index contributed by atoms with van der Waals surface area (Å²) < 4.78 is 5.25. The van der Waals surface area contributed by atoms with Crippen LogP contribution in [0.15, 0.2) is 12.1 Å². The standard InChI is InChI=1S/C11H12Cl2N2O5/c1-2-14-9(11(16)17)5-20-10-7(12)3-6(15(18)19)4-8(10)13/h3-4,9,14H,2,5H2,1H3,(H,16,17). The molecule has 0 amide bonds. The van der Waals surface area contributed by atoms with E-state index < -0.39 is 16.9 Å². The van der Waals surface area contributed by atoms with Crippen LogP contribution in [0.2, 0.25) is 10.0 Å². The summed E-state index contributed by atoms with van der Waals surface area (Å²) in [7, 11) is 0. The van der Waals surface area contributed by atoms with Crippen LogP contribution in [0.5, 0.6) is 5.75 Å². The lowest BCUT2D eigenvalue weighted by atomic mass is 10.3. The SMILES string of the molecule is CCNC(COc1c(Cl)cc([N+](=O)[O-])cc1Cl)C(=O)O. The molecule has 0 aromatic heterocycles. The highest BCUT2D eigenvalue weighted by atomic mass is 35.5. The van der Waals surface area contributed by atoms with E-state index in [1.54, 1.807) is 6.92 Å². The Morgan fingerprint density at radius 3 is 2.45 bits per heavy atom. The Bertz CT molecular complexity index is 501. The minimum absolute atomic E-state index is 0.0167. The van der Waals surface area contributed by atoms with Crippen molar-refractivity contribution in [3.05, 3.63) is 32.3 Å². The summed E-state index contributed by atoms with van der Waals surface area (Å²) >= 11 is 11.7. The van der Waals surface area contributed by atoms with Crippen molar-refractivity contribution in [2.45, 2.75) is 13.0 Å². The number of hydrogen-bond donors (Lipinski definition) is 2. The fraction of sp³-hybridized carbons (Fsp3) is 0.364. The predicted octanol–water partition coefficient (Wildman–Crippen LogP) is 2.34. The van der Waals surface area contributed by atoms with E-state index in [4.69, 9.17) is 33.0 Å². The third-order valence-electron chi connectivity index (χ3n) is 2.34. The van der Waals surface area contributed by atoms with Crippen LogP contribution < -0.4 is 10.1 Å². The number of halogens is 2. The minimum Gasteiger partial charge on any atom is -0.488 e. The zero-order valence-corrected chi connectivity index (χ0v) is 11.9. The molecule has 1 aromatic rings. The summed E-state index contributed by atoms with van der Waals surface area (Å²) in [6.45, 7) is 1.99. The maximum atomic E-state index is 10.9.